The number of hydrogen-bond donors (Lipinski definition) is 0. The van der Waals surface area contributed by atoms with Crippen molar-refractivity contribution in [1.82, 2.24) is 0 Å². The van der Waals surface area contributed by atoms with Crippen molar-refractivity contribution < 1.29 is 53.4 Å². The average molecular weight is 614 g/mol. The van der Waals surface area contributed by atoms with Crippen LogP contribution in [0.15, 0.2) is 97.1 Å². The lowest BCUT2D eigenvalue weighted by atomic mass is 9.85. The fourth-order valence-corrected chi connectivity index (χ4v) is 4.95. The number of alkyl halides is 10. The van der Waals surface area contributed by atoms with Crippen LogP contribution in [0.1, 0.15) is 22.3 Å². The second-order valence-electron chi connectivity index (χ2n) is 9.77. The first-order valence-electron chi connectivity index (χ1n) is 12.7. The van der Waals surface area contributed by atoms with Crippen LogP contribution < -0.4 is 9.47 Å². The smallest absolute Gasteiger partial charge is 0.430 e. The zero-order valence-corrected chi connectivity index (χ0v) is 21.7. The molecule has 0 fully saturated rings. The van der Waals surface area contributed by atoms with Gasteiger partial charge in [-0.05, 0) is 52.9 Å². The third kappa shape index (κ3) is 5.50. The molecule has 5 rings (SSSR count). The van der Waals surface area contributed by atoms with E-state index in [4.69, 9.17) is 0 Å². The normalized spacial score (nSPS) is 14.9. The van der Waals surface area contributed by atoms with E-state index < -0.39 is 71.0 Å². The fourth-order valence-electron chi connectivity index (χ4n) is 4.95. The highest BCUT2D eigenvalue weighted by Crippen LogP contribution is 2.54. The minimum Gasteiger partial charge on any atom is -0.430 e. The van der Waals surface area contributed by atoms with Crippen LogP contribution in [0, 0.1) is 0 Å². The largest absolute Gasteiger partial charge is 0.436 e. The topological polar surface area (TPSA) is 18.5 Å². The van der Waals surface area contributed by atoms with Crippen LogP contribution in [0.5, 0.6) is 11.5 Å². The van der Waals surface area contributed by atoms with Crippen LogP contribution in [0.4, 0.5) is 43.9 Å². The molecule has 226 valence electrons. The van der Waals surface area contributed by atoms with Crippen molar-refractivity contribution in [2.24, 2.45) is 0 Å². The van der Waals surface area contributed by atoms with Crippen LogP contribution in [0.3, 0.4) is 0 Å². The number of benzene rings is 4. The fraction of sp³-hybridized carbons (Fsp3) is 0.226. The Morgan fingerprint density at radius 2 is 0.977 bits per heavy atom. The SMILES string of the molecule is FC(C(F)(F)Oc1ccccc1)C(F)(F)c1ccc2c(c1C(F)(F)C(F)C(F)(F)Oc1ccccc1)Cc1ccccc1-2. The number of rotatable bonds is 10. The third-order valence-corrected chi connectivity index (χ3v) is 6.90. The molecule has 1 aliphatic rings. The first-order chi connectivity index (χ1) is 20.2. The van der Waals surface area contributed by atoms with Crippen molar-refractivity contribution in [3.8, 4) is 22.6 Å². The molecular formula is C31H20F10O2. The Balaban J connectivity index is 1.62. The lowest BCUT2D eigenvalue weighted by molar-refractivity contribution is -0.281. The Kier molecular flexibility index (Phi) is 7.60. The van der Waals surface area contributed by atoms with Crippen molar-refractivity contribution in [2.75, 3.05) is 0 Å². The van der Waals surface area contributed by atoms with Crippen LogP contribution >= 0.6 is 0 Å². The average Bonchev–Trinajstić information content (AvgIpc) is 3.35. The highest BCUT2D eigenvalue weighted by molar-refractivity contribution is 5.79. The van der Waals surface area contributed by atoms with E-state index in [0.717, 1.165) is 30.3 Å². The summed E-state index contributed by atoms with van der Waals surface area (Å²) < 4.78 is 161. The zero-order valence-electron chi connectivity index (χ0n) is 21.7. The van der Waals surface area contributed by atoms with E-state index in [-0.39, 0.29) is 22.8 Å². The van der Waals surface area contributed by atoms with Gasteiger partial charge in [-0.15, -0.1) is 0 Å². The van der Waals surface area contributed by atoms with Gasteiger partial charge < -0.3 is 9.47 Å². The van der Waals surface area contributed by atoms with E-state index in [0.29, 0.717) is 0 Å². The Bertz CT molecular complexity index is 1590. The van der Waals surface area contributed by atoms with Gasteiger partial charge in [0, 0.05) is 11.1 Å². The van der Waals surface area contributed by atoms with E-state index in [2.05, 4.69) is 9.47 Å². The molecule has 12 heteroatoms. The first-order valence-corrected chi connectivity index (χ1v) is 12.7. The highest BCUT2D eigenvalue weighted by atomic mass is 19.3. The number of halogens is 10. The van der Waals surface area contributed by atoms with Crippen molar-refractivity contribution in [3.63, 3.8) is 0 Å². The van der Waals surface area contributed by atoms with Gasteiger partial charge in [-0.2, -0.15) is 35.1 Å². The summed E-state index contributed by atoms with van der Waals surface area (Å²) in [4.78, 5) is 0. The van der Waals surface area contributed by atoms with E-state index in [1.807, 2.05) is 0 Å². The molecule has 0 spiro atoms. The van der Waals surface area contributed by atoms with Gasteiger partial charge in [-0.3, -0.25) is 0 Å². The molecule has 0 amide bonds. The molecule has 0 saturated heterocycles. The summed E-state index contributed by atoms with van der Waals surface area (Å²) in [7, 11) is 0. The van der Waals surface area contributed by atoms with Gasteiger partial charge in [0.25, 0.3) is 12.3 Å². The van der Waals surface area contributed by atoms with E-state index in [1.165, 1.54) is 60.7 Å². The Hall–Kier alpha value is -4.22. The summed E-state index contributed by atoms with van der Waals surface area (Å²) in [6, 6.07) is 18.0. The minimum absolute atomic E-state index is 0.160. The van der Waals surface area contributed by atoms with Crippen LogP contribution in [0.25, 0.3) is 11.1 Å². The Morgan fingerprint density at radius 1 is 0.512 bits per heavy atom. The van der Waals surface area contributed by atoms with E-state index in [9.17, 15) is 17.6 Å². The lowest BCUT2D eigenvalue weighted by Crippen LogP contribution is -2.50. The van der Waals surface area contributed by atoms with Gasteiger partial charge in [-0.1, -0.05) is 72.8 Å². The molecule has 43 heavy (non-hydrogen) atoms. The van der Waals surface area contributed by atoms with Crippen LogP contribution in [-0.2, 0) is 18.3 Å². The second-order valence-corrected chi connectivity index (χ2v) is 9.77. The quantitative estimate of drug-likeness (QED) is 0.146. The summed E-state index contributed by atoms with van der Waals surface area (Å²) >= 11 is 0. The molecule has 0 N–H and O–H groups in total. The summed E-state index contributed by atoms with van der Waals surface area (Å²) in [5.41, 5.74) is -4.54. The molecular weight excluding hydrogens is 594 g/mol. The van der Waals surface area contributed by atoms with Crippen molar-refractivity contribution in [1.29, 1.82) is 0 Å². The number of hydrogen-bond acceptors (Lipinski definition) is 2. The monoisotopic (exact) mass is 614 g/mol. The Morgan fingerprint density at radius 3 is 1.51 bits per heavy atom. The summed E-state index contributed by atoms with van der Waals surface area (Å²) in [6.07, 6.45) is -20.4. The number of para-hydroxylation sites is 2. The molecule has 4 aromatic rings. The van der Waals surface area contributed by atoms with Gasteiger partial charge >= 0.3 is 24.1 Å². The van der Waals surface area contributed by atoms with E-state index in [1.54, 1.807) is 0 Å². The van der Waals surface area contributed by atoms with Crippen LogP contribution in [0.2, 0.25) is 0 Å². The van der Waals surface area contributed by atoms with Gasteiger partial charge in [0.2, 0.25) is 0 Å². The van der Waals surface area contributed by atoms with Crippen molar-refractivity contribution >= 4 is 0 Å². The molecule has 0 saturated carbocycles. The minimum atomic E-state index is -5.50. The molecule has 0 aliphatic heterocycles. The molecule has 2 nitrogen and oxygen atoms in total. The molecule has 0 radical (unpaired) electrons. The first kappa shape index (κ1) is 30.2. The van der Waals surface area contributed by atoms with Gasteiger partial charge in [-0.25, -0.2) is 8.78 Å². The standard InChI is InChI=1S/C31H20F10O2/c32-26(30(38,39)42-19-10-3-1-4-11-19)28(34,35)24-16-15-22-21-14-8-7-9-18(21)17-23(22)25(24)29(36,37)27(33)31(40,41)43-20-12-5-2-6-13-20/h1-16,26-27H,17H2. The van der Waals surface area contributed by atoms with Gasteiger partial charge in [0.05, 0.1) is 0 Å². The van der Waals surface area contributed by atoms with E-state index >= 15 is 26.3 Å². The van der Waals surface area contributed by atoms with Gasteiger partial charge in [0.1, 0.15) is 11.5 Å². The Labute approximate surface area is 238 Å². The molecule has 2 unspecified atom stereocenters. The molecule has 2 atom stereocenters. The number of fused-ring (bicyclic) bond motifs is 3. The molecule has 4 aromatic carbocycles. The van der Waals surface area contributed by atoms with Gasteiger partial charge in [0.15, 0.2) is 0 Å². The second kappa shape index (κ2) is 10.8. The lowest BCUT2D eigenvalue weighted by Gasteiger charge is -2.34. The molecule has 1 aliphatic carbocycles. The van der Waals surface area contributed by atoms with Crippen molar-refractivity contribution in [2.45, 2.75) is 42.8 Å². The predicted molar refractivity (Wildman–Crippen MR) is 136 cm³/mol. The molecule has 0 aromatic heterocycles. The number of ether oxygens (including phenoxy) is 2. The predicted octanol–water partition coefficient (Wildman–Crippen LogP) is 9.46. The third-order valence-electron chi connectivity index (χ3n) is 6.90. The highest BCUT2D eigenvalue weighted by Gasteiger charge is 2.65. The molecule has 0 heterocycles. The molecule has 0 bridgehead atoms. The maximum absolute atomic E-state index is 15.9. The van der Waals surface area contributed by atoms with Crippen LogP contribution in [-0.4, -0.2) is 24.6 Å². The maximum atomic E-state index is 15.9. The summed E-state index contributed by atoms with van der Waals surface area (Å²) in [5.74, 6) is -12.4. The summed E-state index contributed by atoms with van der Waals surface area (Å²) in [6.45, 7) is 0. The maximum Gasteiger partial charge on any atom is 0.436 e. The summed E-state index contributed by atoms with van der Waals surface area (Å²) in [5, 5.41) is 0. The van der Waals surface area contributed by atoms with Crippen molar-refractivity contribution in [3.05, 3.63) is 119 Å². The zero-order chi connectivity index (χ0) is 31.2.